The molecule has 1 aromatic carbocycles. The second-order valence-electron chi connectivity index (χ2n) is 5.69. The van der Waals surface area contributed by atoms with Crippen LogP contribution in [0.1, 0.15) is 18.7 Å². The molecule has 7 nitrogen and oxygen atoms in total. The second kappa shape index (κ2) is 4.69. The first kappa shape index (κ1) is 14.3. The molecule has 2 heterocycles. The molecular weight excluding hydrogens is 283 g/mol. The van der Waals surface area contributed by atoms with Gasteiger partial charge in [0.05, 0.1) is 16.3 Å². The van der Waals surface area contributed by atoms with Crippen LogP contribution in [0.15, 0.2) is 23.0 Å². The number of hydrogen-bond donors (Lipinski definition) is 2. The van der Waals surface area contributed by atoms with Crippen LogP contribution in [0.25, 0.3) is 10.9 Å². The number of benzene rings is 1. The standard InChI is InChI=1S/C14H15BN4O3/c1-7-17-9-4-2-3-8(16)11(9)12(21)19(7)14(15)6-5-10(20)18-13(14)22/h2-4H,5-6,15-16H2,1H3,(H,18,20,22)/t14-/m1/s1. The fourth-order valence-electron chi connectivity index (χ4n) is 2.96. The molecule has 0 unspecified atom stereocenters. The van der Waals surface area contributed by atoms with Gasteiger partial charge in [0.1, 0.15) is 13.7 Å². The smallest absolute Gasteiger partial charge is 0.263 e. The molecule has 3 N–H and O–H groups in total. The Hall–Kier alpha value is -2.64. The number of anilines is 1. The minimum atomic E-state index is -1.15. The highest BCUT2D eigenvalue weighted by molar-refractivity contribution is 6.28. The monoisotopic (exact) mass is 298 g/mol. The molecule has 2 aromatic rings. The fourth-order valence-corrected chi connectivity index (χ4v) is 2.96. The number of fused-ring (bicyclic) bond motifs is 1. The first-order valence-electron chi connectivity index (χ1n) is 6.97. The maximum Gasteiger partial charge on any atom is 0.263 e. The molecule has 8 heteroatoms. The van der Waals surface area contributed by atoms with E-state index >= 15 is 0 Å². The topological polar surface area (TPSA) is 107 Å². The summed E-state index contributed by atoms with van der Waals surface area (Å²) in [5, 5.41) is 2.58. The van der Waals surface area contributed by atoms with Crippen molar-refractivity contribution >= 4 is 36.3 Å². The van der Waals surface area contributed by atoms with E-state index in [9.17, 15) is 14.4 Å². The number of imide groups is 1. The third kappa shape index (κ3) is 1.91. The van der Waals surface area contributed by atoms with Gasteiger partial charge in [-0.3, -0.25) is 24.3 Å². The van der Waals surface area contributed by atoms with Crippen molar-refractivity contribution in [1.29, 1.82) is 0 Å². The summed E-state index contributed by atoms with van der Waals surface area (Å²) in [5.41, 5.74) is 5.19. The number of hydrogen-bond acceptors (Lipinski definition) is 5. The molecule has 112 valence electrons. The zero-order valence-corrected chi connectivity index (χ0v) is 12.3. The molecule has 1 atom stereocenters. The number of aromatic nitrogens is 2. The number of nitrogen functional groups attached to an aromatic ring is 1. The Kier molecular flexibility index (Phi) is 3.05. The van der Waals surface area contributed by atoms with Gasteiger partial charge in [-0.2, -0.15) is 0 Å². The minimum absolute atomic E-state index is 0.177. The summed E-state index contributed by atoms with van der Waals surface area (Å²) in [4.78, 5) is 40.9. The Morgan fingerprint density at radius 2 is 2.09 bits per heavy atom. The average Bonchev–Trinajstić information content (AvgIpc) is 2.43. The zero-order chi connectivity index (χ0) is 16.1. The van der Waals surface area contributed by atoms with Gasteiger partial charge in [-0.05, 0) is 25.5 Å². The van der Waals surface area contributed by atoms with Crippen molar-refractivity contribution in [2.45, 2.75) is 25.2 Å². The molecule has 1 aliphatic heterocycles. The molecule has 0 radical (unpaired) electrons. The molecule has 0 aliphatic carbocycles. The predicted octanol–water partition coefficient (Wildman–Crippen LogP) is -0.990. The highest BCUT2D eigenvalue weighted by Crippen LogP contribution is 2.25. The van der Waals surface area contributed by atoms with Gasteiger partial charge in [-0.15, -0.1) is 0 Å². The largest absolute Gasteiger partial charge is 0.398 e. The summed E-state index contributed by atoms with van der Waals surface area (Å²) >= 11 is 0. The van der Waals surface area contributed by atoms with E-state index in [-0.39, 0.29) is 24.3 Å². The van der Waals surface area contributed by atoms with Gasteiger partial charge < -0.3 is 5.73 Å². The van der Waals surface area contributed by atoms with E-state index in [0.29, 0.717) is 22.4 Å². The summed E-state index contributed by atoms with van der Waals surface area (Å²) in [7, 11) is 1.63. The van der Waals surface area contributed by atoms with Crippen LogP contribution in [0.2, 0.25) is 0 Å². The average molecular weight is 298 g/mol. The van der Waals surface area contributed by atoms with Crippen molar-refractivity contribution in [2.75, 3.05) is 5.73 Å². The van der Waals surface area contributed by atoms with Crippen molar-refractivity contribution in [3.63, 3.8) is 0 Å². The second-order valence-corrected chi connectivity index (χ2v) is 5.69. The van der Waals surface area contributed by atoms with Gasteiger partial charge in [0.15, 0.2) is 0 Å². The van der Waals surface area contributed by atoms with Gasteiger partial charge in [0.2, 0.25) is 11.8 Å². The Morgan fingerprint density at radius 1 is 1.36 bits per heavy atom. The lowest BCUT2D eigenvalue weighted by atomic mass is 9.71. The van der Waals surface area contributed by atoms with Crippen LogP contribution in [-0.4, -0.2) is 29.2 Å². The summed E-state index contributed by atoms with van der Waals surface area (Å²) in [6.45, 7) is 1.67. The molecular formula is C14H15BN4O3. The zero-order valence-electron chi connectivity index (χ0n) is 12.3. The van der Waals surface area contributed by atoms with Crippen molar-refractivity contribution in [3.05, 3.63) is 34.4 Å². The first-order chi connectivity index (χ1) is 10.3. The van der Waals surface area contributed by atoms with Gasteiger partial charge in [-0.25, -0.2) is 4.98 Å². The summed E-state index contributed by atoms with van der Waals surface area (Å²) in [5.74, 6) is -0.416. The summed E-state index contributed by atoms with van der Waals surface area (Å²) in [6.07, 6.45) is 0.425. The molecule has 1 aliphatic rings. The summed E-state index contributed by atoms with van der Waals surface area (Å²) < 4.78 is 1.34. The molecule has 0 spiro atoms. The van der Waals surface area contributed by atoms with Crippen molar-refractivity contribution in [1.82, 2.24) is 14.9 Å². The maximum atomic E-state index is 12.9. The van der Waals surface area contributed by atoms with Crippen LogP contribution >= 0.6 is 0 Å². The number of nitrogens with one attached hydrogen (secondary N) is 1. The van der Waals surface area contributed by atoms with Gasteiger partial charge >= 0.3 is 0 Å². The Morgan fingerprint density at radius 3 is 2.77 bits per heavy atom. The van der Waals surface area contributed by atoms with E-state index in [1.165, 1.54) is 4.57 Å². The molecule has 0 saturated carbocycles. The minimum Gasteiger partial charge on any atom is -0.398 e. The molecule has 0 bridgehead atoms. The van der Waals surface area contributed by atoms with Crippen molar-refractivity contribution in [2.24, 2.45) is 0 Å². The molecule has 1 aromatic heterocycles. The van der Waals surface area contributed by atoms with Crippen molar-refractivity contribution in [3.8, 4) is 0 Å². The van der Waals surface area contributed by atoms with E-state index in [4.69, 9.17) is 5.73 Å². The molecule has 2 amide bonds. The Bertz CT molecular complexity index is 876. The van der Waals surface area contributed by atoms with Gasteiger partial charge in [-0.1, -0.05) is 6.07 Å². The normalized spacial score (nSPS) is 21.9. The van der Waals surface area contributed by atoms with Crippen molar-refractivity contribution < 1.29 is 9.59 Å². The lowest BCUT2D eigenvalue weighted by molar-refractivity contribution is -0.137. The molecule has 3 rings (SSSR count). The third-order valence-electron chi connectivity index (χ3n) is 4.17. The van der Waals surface area contributed by atoms with Crippen LogP contribution in [0.3, 0.4) is 0 Å². The Labute approximate surface area is 126 Å². The van der Waals surface area contributed by atoms with Crippen LogP contribution in [-0.2, 0) is 15.0 Å². The quantitative estimate of drug-likeness (QED) is 0.399. The number of piperidine rings is 1. The van der Waals surface area contributed by atoms with E-state index in [0.717, 1.165) is 0 Å². The SMILES string of the molecule is B[C@@]1(n2c(C)nc3cccc(N)c3c2=O)CCC(=O)NC1=O. The van der Waals surface area contributed by atoms with E-state index in [1.54, 1.807) is 33.0 Å². The van der Waals surface area contributed by atoms with Gasteiger partial charge in [0, 0.05) is 12.1 Å². The number of nitrogens with zero attached hydrogens (tertiary/aromatic N) is 2. The molecule has 1 saturated heterocycles. The first-order valence-corrected chi connectivity index (χ1v) is 6.97. The van der Waals surface area contributed by atoms with Crippen LogP contribution < -0.4 is 16.6 Å². The predicted molar refractivity (Wildman–Crippen MR) is 84.1 cm³/mol. The lowest BCUT2D eigenvalue weighted by Gasteiger charge is -2.34. The Balaban J connectivity index is 2.32. The number of rotatable bonds is 1. The summed E-state index contributed by atoms with van der Waals surface area (Å²) in [6, 6.07) is 5.05. The highest BCUT2D eigenvalue weighted by atomic mass is 16.2. The molecule has 22 heavy (non-hydrogen) atoms. The number of carbonyl (C=O) groups is 2. The maximum absolute atomic E-state index is 12.9. The van der Waals surface area contributed by atoms with E-state index < -0.39 is 11.3 Å². The highest BCUT2D eigenvalue weighted by Gasteiger charge is 2.41. The number of nitrogens with two attached hydrogens (primary N) is 1. The molecule has 1 fully saturated rings. The number of amides is 2. The third-order valence-corrected chi connectivity index (χ3v) is 4.17. The number of aryl methyl sites for hydroxylation is 1. The van der Waals surface area contributed by atoms with E-state index in [1.807, 2.05) is 0 Å². The van der Waals surface area contributed by atoms with Crippen LogP contribution in [0.5, 0.6) is 0 Å². The van der Waals surface area contributed by atoms with Crippen LogP contribution in [0, 0.1) is 6.92 Å². The van der Waals surface area contributed by atoms with Crippen LogP contribution in [0.4, 0.5) is 5.69 Å². The van der Waals surface area contributed by atoms with E-state index in [2.05, 4.69) is 10.3 Å². The lowest BCUT2D eigenvalue weighted by Crippen LogP contribution is -2.58. The number of carbonyl (C=O) groups excluding carboxylic acids is 2. The van der Waals surface area contributed by atoms with Gasteiger partial charge in [0.25, 0.3) is 5.56 Å². The fraction of sp³-hybridized carbons (Fsp3) is 0.286.